The Morgan fingerprint density at radius 1 is 0.681 bits per heavy atom. The second-order valence-electron chi connectivity index (χ2n) is 20.0. The maximum absolute atomic E-state index is 12.6. The Kier molecular flexibility index (Phi) is 10.4. The van der Waals surface area contributed by atoms with Crippen LogP contribution in [0.5, 0.6) is 0 Å². The average molecular weight is 978 g/mol. The van der Waals surface area contributed by atoms with E-state index >= 15 is 0 Å². The molecule has 3 aliphatic carbocycles. The van der Waals surface area contributed by atoms with Crippen LogP contribution in [0.1, 0.15) is 94.9 Å². The van der Waals surface area contributed by atoms with Crippen LogP contribution in [-0.2, 0) is 15.8 Å². The van der Waals surface area contributed by atoms with E-state index in [1.165, 1.54) is 41.8 Å². The molecule has 13 rings (SSSR count). The van der Waals surface area contributed by atoms with Crippen molar-refractivity contribution in [2.45, 2.75) is 94.7 Å². The molecule has 6 heterocycles. The van der Waals surface area contributed by atoms with Crippen LogP contribution in [0, 0.1) is 0 Å². The monoisotopic (exact) mass is 976 g/mol. The first-order chi connectivity index (χ1) is 33.5. The summed E-state index contributed by atoms with van der Waals surface area (Å²) in [5.41, 5.74) is 19.4. The number of rotatable bonds is 6. The summed E-state index contributed by atoms with van der Waals surface area (Å²) in [4.78, 5) is 32.1. The third kappa shape index (κ3) is 7.68. The minimum absolute atomic E-state index is 0.147. The number of pyridine rings is 2. The van der Waals surface area contributed by atoms with E-state index in [9.17, 15) is 4.79 Å². The molecule has 3 saturated carbocycles. The molecule has 13 heteroatoms. The summed E-state index contributed by atoms with van der Waals surface area (Å²) in [6.07, 6.45) is 11.9. The van der Waals surface area contributed by atoms with Crippen molar-refractivity contribution in [3.8, 4) is 56.7 Å². The molecule has 2 aliphatic heterocycles. The SMILES string of the molecule is CC(C)(C)OC(=O)NC1(c2ccc(-c3c(Br)nc4n3-c3cccnc3Nc3ccccc3-4)cc2)CCC1.NC1(c2ccc(-c3c(C4CC4)nc4n3-c3cccnc3Nc3ccccc3-4)cc2)CCC1. The highest BCUT2D eigenvalue weighted by Crippen LogP contribution is 2.50. The lowest BCUT2D eigenvalue weighted by Gasteiger charge is -2.43. The smallest absolute Gasteiger partial charge is 0.408 e. The average Bonchev–Trinajstić information content (AvgIpc) is 4.06. The molecule has 346 valence electrons. The summed E-state index contributed by atoms with van der Waals surface area (Å²) in [7, 11) is 0. The quantitative estimate of drug-likeness (QED) is 0.128. The second-order valence-corrected chi connectivity index (χ2v) is 20.8. The minimum Gasteiger partial charge on any atom is -0.444 e. The zero-order valence-corrected chi connectivity index (χ0v) is 40.5. The Labute approximate surface area is 409 Å². The molecule has 0 spiro atoms. The van der Waals surface area contributed by atoms with Gasteiger partial charge in [-0.15, -0.1) is 0 Å². The molecular formula is C56H53BrN10O2. The van der Waals surface area contributed by atoms with Crippen molar-refractivity contribution in [2.24, 2.45) is 5.73 Å². The normalized spacial score (nSPS) is 16.5. The van der Waals surface area contributed by atoms with Crippen molar-refractivity contribution in [1.82, 2.24) is 34.4 Å². The molecule has 4 aromatic carbocycles. The van der Waals surface area contributed by atoms with Gasteiger partial charge in [-0.2, -0.15) is 0 Å². The number of anilines is 4. The third-order valence-corrected chi connectivity index (χ3v) is 14.8. The molecular weight excluding hydrogens is 925 g/mol. The fourth-order valence-corrected chi connectivity index (χ4v) is 10.8. The predicted octanol–water partition coefficient (Wildman–Crippen LogP) is 13.2. The fourth-order valence-electron chi connectivity index (χ4n) is 10.3. The van der Waals surface area contributed by atoms with Gasteiger partial charge in [0.1, 0.15) is 21.9 Å². The van der Waals surface area contributed by atoms with Crippen molar-refractivity contribution in [3.63, 3.8) is 0 Å². The van der Waals surface area contributed by atoms with Crippen LogP contribution in [0.25, 0.3) is 56.7 Å². The van der Waals surface area contributed by atoms with Gasteiger partial charge in [0, 0.05) is 46.1 Å². The first-order valence-corrected chi connectivity index (χ1v) is 24.8. The van der Waals surface area contributed by atoms with Crippen LogP contribution in [0.4, 0.5) is 27.8 Å². The molecule has 5 aliphatic rings. The number of carbonyl (C=O) groups excluding carboxylic acids is 1. The van der Waals surface area contributed by atoms with E-state index in [0.717, 1.165) is 111 Å². The summed E-state index contributed by atoms with van der Waals surface area (Å²) in [6, 6.07) is 41.9. The number of nitrogens with one attached hydrogen (secondary N) is 3. The Morgan fingerprint density at radius 2 is 1.20 bits per heavy atom. The largest absolute Gasteiger partial charge is 0.444 e. The van der Waals surface area contributed by atoms with E-state index in [1.807, 2.05) is 63.4 Å². The van der Waals surface area contributed by atoms with E-state index in [1.54, 1.807) is 6.20 Å². The van der Waals surface area contributed by atoms with Crippen LogP contribution in [0.15, 0.2) is 138 Å². The molecule has 8 aromatic rings. The molecule has 4 aromatic heterocycles. The van der Waals surface area contributed by atoms with Crippen LogP contribution in [0.2, 0.25) is 0 Å². The molecule has 69 heavy (non-hydrogen) atoms. The number of carbonyl (C=O) groups is 1. The lowest BCUT2D eigenvalue weighted by atomic mass is 9.72. The van der Waals surface area contributed by atoms with Gasteiger partial charge in [-0.3, -0.25) is 9.13 Å². The number of halogens is 1. The van der Waals surface area contributed by atoms with Crippen LogP contribution >= 0.6 is 15.9 Å². The van der Waals surface area contributed by atoms with Gasteiger partial charge >= 0.3 is 6.09 Å². The number of fused-ring (bicyclic) bond motifs is 10. The molecule has 12 nitrogen and oxygen atoms in total. The Bertz CT molecular complexity index is 3280. The lowest BCUT2D eigenvalue weighted by molar-refractivity contribution is 0.0377. The van der Waals surface area contributed by atoms with Gasteiger partial charge < -0.3 is 26.4 Å². The number of aromatic nitrogens is 6. The van der Waals surface area contributed by atoms with E-state index in [4.69, 9.17) is 20.4 Å². The Balaban J connectivity index is 0.000000144. The van der Waals surface area contributed by atoms with E-state index < -0.39 is 11.1 Å². The van der Waals surface area contributed by atoms with Gasteiger partial charge in [0.25, 0.3) is 0 Å². The summed E-state index contributed by atoms with van der Waals surface area (Å²) in [6.45, 7) is 5.63. The molecule has 5 N–H and O–H groups in total. The highest BCUT2D eigenvalue weighted by atomic mass is 79.9. The highest BCUT2D eigenvalue weighted by molar-refractivity contribution is 9.10. The van der Waals surface area contributed by atoms with Crippen molar-refractivity contribution >= 4 is 45.0 Å². The molecule has 0 radical (unpaired) electrons. The lowest BCUT2D eigenvalue weighted by Crippen LogP contribution is -2.52. The topological polar surface area (TPSA) is 150 Å². The summed E-state index contributed by atoms with van der Waals surface area (Å²) >= 11 is 3.74. The van der Waals surface area contributed by atoms with Gasteiger partial charge in [-0.1, -0.05) is 72.8 Å². The minimum atomic E-state index is -0.538. The zero-order chi connectivity index (χ0) is 47.1. The van der Waals surface area contributed by atoms with Crippen molar-refractivity contribution < 1.29 is 9.53 Å². The van der Waals surface area contributed by atoms with Crippen molar-refractivity contribution in [2.75, 3.05) is 10.6 Å². The number of nitrogens with two attached hydrogens (primary N) is 1. The molecule has 0 unspecified atom stereocenters. The highest BCUT2D eigenvalue weighted by Gasteiger charge is 2.42. The van der Waals surface area contributed by atoms with Gasteiger partial charge in [0.2, 0.25) is 0 Å². The molecule has 0 atom stereocenters. The maximum Gasteiger partial charge on any atom is 0.408 e. The van der Waals surface area contributed by atoms with E-state index in [2.05, 4.69) is 136 Å². The number of ether oxygens (including phenoxy) is 1. The van der Waals surface area contributed by atoms with Gasteiger partial charge in [-0.25, -0.2) is 24.7 Å². The standard InChI is InChI=1S/C29H28BrN5O2.C27H25N5/c1-28(2,3)37-27(36)34-29(15-7-16-29)19-13-11-18(12-14-19)23-24(30)33-26-20-8-4-5-9-21(20)32-25-22(35(23)26)10-6-17-31-25;28-27(14-4-15-27)19-12-10-18(11-13-19)24-23(17-8-9-17)31-26-20-5-1-2-6-21(20)30-25-22(32(24)26)7-3-16-29-25/h4-6,8-14,17H,7,15-16H2,1-3H3,(H,31,32)(H,34,36);1-3,5-7,10-13,16-17H,4,8-9,14-15,28H2,(H,29,30). The fraction of sp³-hybridized carbons (Fsp3) is 0.268. The molecule has 3 fully saturated rings. The number of amides is 1. The van der Waals surface area contributed by atoms with Gasteiger partial charge in [-0.05, 0) is 148 Å². The first kappa shape index (κ1) is 43.2. The summed E-state index contributed by atoms with van der Waals surface area (Å²) < 4.78 is 10.8. The van der Waals surface area contributed by atoms with Crippen LogP contribution in [-0.4, -0.2) is 40.8 Å². The number of hydrogen-bond acceptors (Lipinski definition) is 9. The number of alkyl carbamates (subject to hydrolysis) is 1. The Morgan fingerprint density at radius 3 is 1.72 bits per heavy atom. The molecule has 0 bridgehead atoms. The summed E-state index contributed by atoms with van der Waals surface area (Å²) in [5, 5.41) is 10.2. The summed E-state index contributed by atoms with van der Waals surface area (Å²) in [5.74, 6) is 3.97. The molecule has 1 amide bonds. The molecule has 0 saturated heterocycles. The number of para-hydroxylation sites is 2. The van der Waals surface area contributed by atoms with Crippen molar-refractivity contribution in [3.05, 3.63) is 155 Å². The van der Waals surface area contributed by atoms with Crippen LogP contribution in [0.3, 0.4) is 0 Å². The maximum atomic E-state index is 12.6. The van der Waals surface area contributed by atoms with E-state index in [-0.39, 0.29) is 11.6 Å². The number of hydrogen-bond donors (Lipinski definition) is 4. The van der Waals surface area contributed by atoms with E-state index in [0.29, 0.717) is 5.92 Å². The third-order valence-electron chi connectivity index (χ3n) is 14.2. The van der Waals surface area contributed by atoms with Crippen LogP contribution < -0.4 is 21.7 Å². The number of benzene rings is 4. The first-order valence-electron chi connectivity index (χ1n) is 24.0. The van der Waals surface area contributed by atoms with Gasteiger partial charge in [0.05, 0.1) is 45.4 Å². The van der Waals surface area contributed by atoms with Gasteiger partial charge in [0.15, 0.2) is 11.6 Å². The predicted molar refractivity (Wildman–Crippen MR) is 275 cm³/mol. The number of nitrogens with zero attached hydrogens (tertiary/aromatic N) is 6. The number of imidazole rings is 2. The Hall–Kier alpha value is -7.09. The second kappa shape index (κ2) is 16.6. The van der Waals surface area contributed by atoms with Crippen molar-refractivity contribution in [1.29, 1.82) is 0 Å². The zero-order valence-electron chi connectivity index (χ0n) is 38.9.